The molecule has 1 N–H and O–H groups in total. The Kier molecular flexibility index (Phi) is 4.52. The summed E-state index contributed by atoms with van der Waals surface area (Å²) in [4.78, 5) is 4.19. The molecule has 0 spiro atoms. The van der Waals surface area contributed by atoms with Gasteiger partial charge in [-0.15, -0.1) is 0 Å². The van der Waals surface area contributed by atoms with E-state index in [2.05, 4.69) is 10.3 Å². The highest BCUT2D eigenvalue weighted by Crippen LogP contribution is 2.30. The van der Waals surface area contributed by atoms with Crippen LogP contribution >= 0.6 is 0 Å². The van der Waals surface area contributed by atoms with Gasteiger partial charge in [0.05, 0.1) is 29.6 Å². The van der Waals surface area contributed by atoms with Crippen LogP contribution in [0.2, 0.25) is 0 Å². The first-order valence-electron chi connectivity index (χ1n) is 6.49. The van der Waals surface area contributed by atoms with Gasteiger partial charge in [-0.05, 0) is 24.1 Å². The molecule has 0 saturated carbocycles. The lowest BCUT2D eigenvalue weighted by atomic mass is 10.3. The third-order valence-corrected chi connectivity index (χ3v) is 4.83. The van der Waals surface area contributed by atoms with Gasteiger partial charge in [-0.2, -0.15) is 0 Å². The minimum Gasteiger partial charge on any atom is -0.495 e. The first-order chi connectivity index (χ1) is 9.92. The van der Waals surface area contributed by atoms with E-state index in [1.807, 2.05) is 13.8 Å². The highest BCUT2D eigenvalue weighted by atomic mass is 32.2. The van der Waals surface area contributed by atoms with Gasteiger partial charge in [-0.25, -0.2) is 13.4 Å². The van der Waals surface area contributed by atoms with E-state index < -0.39 is 9.84 Å². The Morgan fingerprint density at radius 2 is 2.14 bits per heavy atom. The van der Waals surface area contributed by atoms with Crippen LogP contribution < -0.4 is 10.1 Å². The molecule has 1 aromatic carbocycles. The fraction of sp³-hybridized carbons (Fsp3) is 0.357. The summed E-state index contributed by atoms with van der Waals surface area (Å²) in [6, 6.07) is 4.95. The second-order valence-electron chi connectivity index (χ2n) is 5.00. The summed E-state index contributed by atoms with van der Waals surface area (Å²) in [6.45, 7) is 3.74. The molecule has 114 valence electrons. The topological polar surface area (TPSA) is 81.4 Å². The summed E-state index contributed by atoms with van der Waals surface area (Å²) < 4.78 is 34.9. The Balaban J connectivity index is 2.37. The van der Waals surface area contributed by atoms with Crippen LogP contribution in [0.3, 0.4) is 0 Å². The molecular weight excluding hydrogens is 292 g/mol. The molecule has 0 fully saturated rings. The summed E-state index contributed by atoms with van der Waals surface area (Å²) in [5.74, 6) is 0.662. The number of sulfone groups is 1. The maximum absolute atomic E-state index is 12.3. The third kappa shape index (κ3) is 3.75. The zero-order valence-corrected chi connectivity index (χ0v) is 13.0. The van der Waals surface area contributed by atoms with Gasteiger partial charge in [0.15, 0.2) is 9.84 Å². The molecule has 21 heavy (non-hydrogen) atoms. The first-order valence-corrected chi connectivity index (χ1v) is 8.15. The van der Waals surface area contributed by atoms with E-state index in [1.54, 1.807) is 6.07 Å². The summed E-state index contributed by atoms with van der Waals surface area (Å²) in [5.41, 5.74) is 0.491. The molecule has 7 heteroatoms. The van der Waals surface area contributed by atoms with E-state index in [9.17, 15) is 8.42 Å². The molecule has 0 saturated heterocycles. The first kappa shape index (κ1) is 15.4. The van der Waals surface area contributed by atoms with Crippen LogP contribution in [0.15, 0.2) is 40.0 Å². The molecule has 0 radical (unpaired) electrons. The maximum atomic E-state index is 12.3. The van der Waals surface area contributed by atoms with Crippen LogP contribution in [0.1, 0.15) is 13.8 Å². The number of rotatable bonds is 6. The molecule has 0 aliphatic rings. The highest BCUT2D eigenvalue weighted by molar-refractivity contribution is 7.91. The van der Waals surface area contributed by atoms with Crippen molar-refractivity contribution < 1.29 is 17.6 Å². The number of oxazole rings is 1. The number of hydrogen-bond donors (Lipinski definition) is 1. The molecule has 2 aromatic rings. The SMILES string of the molecule is COc1ccc(S(=O)(=O)CC(C)C)cc1Nc1ncco1. The van der Waals surface area contributed by atoms with Gasteiger partial charge >= 0.3 is 0 Å². The average Bonchev–Trinajstić information content (AvgIpc) is 2.90. The summed E-state index contributed by atoms with van der Waals surface area (Å²) >= 11 is 0. The van der Waals surface area contributed by atoms with E-state index in [4.69, 9.17) is 9.15 Å². The van der Waals surface area contributed by atoms with Crippen LogP contribution in [0.25, 0.3) is 0 Å². The van der Waals surface area contributed by atoms with E-state index in [1.165, 1.54) is 31.7 Å². The molecule has 6 nitrogen and oxygen atoms in total. The fourth-order valence-corrected chi connectivity index (χ4v) is 3.56. The van der Waals surface area contributed by atoms with Gasteiger partial charge in [0, 0.05) is 0 Å². The number of benzene rings is 1. The Bertz CT molecular complexity index is 694. The number of ether oxygens (including phenoxy) is 1. The van der Waals surface area contributed by atoms with Crippen LogP contribution in [-0.2, 0) is 9.84 Å². The highest BCUT2D eigenvalue weighted by Gasteiger charge is 2.18. The third-order valence-electron chi connectivity index (χ3n) is 2.76. The van der Waals surface area contributed by atoms with Crippen molar-refractivity contribution in [2.45, 2.75) is 18.7 Å². The van der Waals surface area contributed by atoms with Gasteiger partial charge in [-0.1, -0.05) is 13.8 Å². The molecule has 0 aliphatic carbocycles. The van der Waals surface area contributed by atoms with E-state index in [-0.39, 0.29) is 22.6 Å². The van der Waals surface area contributed by atoms with Crippen LogP contribution in [-0.4, -0.2) is 26.3 Å². The quantitative estimate of drug-likeness (QED) is 0.883. The van der Waals surface area contributed by atoms with Crippen molar-refractivity contribution in [1.82, 2.24) is 4.98 Å². The van der Waals surface area contributed by atoms with Gasteiger partial charge in [0.1, 0.15) is 12.0 Å². The molecular formula is C14H18N2O4S. The molecule has 2 rings (SSSR count). The minimum absolute atomic E-state index is 0.0558. The average molecular weight is 310 g/mol. The van der Waals surface area contributed by atoms with E-state index in [0.29, 0.717) is 11.4 Å². The van der Waals surface area contributed by atoms with E-state index >= 15 is 0 Å². The molecule has 0 aliphatic heterocycles. The Labute approximate surface area is 124 Å². The predicted molar refractivity (Wildman–Crippen MR) is 79.7 cm³/mol. The number of nitrogens with one attached hydrogen (secondary N) is 1. The minimum atomic E-state index is -3.33. The number of nitrogens with zero attached hydrogens (tertiary/aromatic N) is 1. The largest absolute Gasteiger partial charge is 0.495 e. The van der Waals surface area contributed by atoms with Crippen molar-refractivity contribution in [3.05, 3.63) is 30.7 Å². The molecule has 0 atom stereocenters. The Morgan fingerprint density at radius 3 is 2.71 bits per heavy atom. The van der Waals surface area contributed by atoms with Crippen molar-refractivity contribution in [1.29, 1.82) is 0 Å². The number of methoxy groups -OCH3 is 1. The number of aromatic nitrogens is 1. The fourth-order valence-electron chi connectivity index (χ4n) is 1.91. The van der Waals surface area contributed by atoms with E-state index in [0.717, 1.165) is 0 Å². The van der Waals surface area contributed by atoms with Crippen LogP contribution in [0.4, 0.5) is 11.7 Å². The lowest BCUT2D eigenvalue weighted by Crippen LogP contribution is -2.12. The van der Waals surface area contributed by atoms with Crippen molar-refractivity contribution >= 4 is 21.5 Å². The summed E-state index contributed by atoms with van der Waals surface area (Å²) in [7, 11) is -1.82. The smallest absolute Gasteiger partial charge is 0.299 e. The van der Waals surface area contributed by atoms with Crippen molar-refractivity contribution in [3.8, 4) is 5.75 Å². The standard InChI is InChI=1S/C14H18N2O4S/c1-10(2)9-21(17,18)11-4-5-13(19-3)12(8-11)16-14-15-6-7-20-14/h4-8,10H,9H2,1-3H3,(H,15,16). The van der Waals surface area contributed by atoms with Crippen molar-refractivity contribution in [2.75, 3.05) is 18.2 Å². The molecule has 0 bridgehead atoms. The zero-order chi connectivity index (χ0) is 15.5. The van der Waals surface area contributed by atoms with Gasteiger partial charge in [0.25, 0.3) is 6.01 Å². The van der Waals surface area contributed by atoms with Gasteiger partial charge < -0.3 is 14.5 Å². The van der Waals surface area contributed by atoms with Crippen molar-refractivity contribution in [3.63, 3.8) is 0 Å². The zero-order valence-electron chi connectivity index (χ0n) is 12.2. The molecule has 0 amide bonds. The number of hydrogen-bond acceptors (Lipinski definition) is 6. The lowest BCUT2D eigenvalue weighted by molar-refractivity contribution is 0.416. The molecule has 1 heterocycles. The van der Waals surface area contributed by atoms with Crippen LogP contribution in [0.5, 0.6) is 5.75 Å². The Morgan fingerprint density at radius 1 is 1.38 bits per heavy atom. The molecule has 1 aromatic heterocycles. The monoisotopic (exact) mass is 310 g/mol. The summed E-state index contributed by atoms with van der Waals surface area (Å²) in [5, 5.41) is 2.90. The van der Waals surface area contributed by atoms with Crippen LogP contribution in [0, 0.1) is 5.92 Å². The maximum Gasteiger partial charge on any atom is 0.299 e. The summed E-state index contributed by atoms with van der Waals surface area (Å²) in [6.07, 6.45) is 2.92. The normalized spacial score (nSPS) is 11.6. The molecule has 0 unspecified atom stereocenters. The van der Waals surface area contributed by atoms with Gasteiger partial charge in [0.2, 0.25) is 0 Å². The Hall–Kier alpha value is -2.02. The number of anilines is 2. The lowest BCUT2D eigenvalue weighted by Gasteiger charge is -2.12. The second-order valence-corrected chi connectivity index (χ2v) is 7.03. The van der Waals surface area contributed by atoms with Crippen molar-refractivity contribution in [2.24, 2.45) is 5.92 Å². The second kappa shape index (κ2) is 6.17. The predicted octanol–water partition coefficient (Wildman–Crippen LogP) is 2.86. The van der Waals surface area contributed by atoms with Gasteiger partial charge in [-0.3, -0.25) is 0 Å².